The van der Waals surface area contributed by atoms with Gasteiger partial charge in [0, 0.05) is 15.0 Å². The maximum absolute atomic E-state index is 3.60. The molecular weight excluding hydrogens is 330 g/mol. The summed E-state index contributed by atoms with van der Waals surface area (Å²) >= 11 is 7.07. The Bertz CT molecular complexity index is 337. The van der Waals surface area contributed by atoms with Gasteiger partial charge >= 0.3 is 0 Å². The van der Waals surface area contributed by atoms with Crippen molar-refractivity contribution < 1.29 is 0 Å². The van der Waals surface area contributed by atoms with Gasteiger partial charge in [-0.1, -0.05) is 51.8 Å². The molecule has 1 unspecified atom stereocenters. The zero-order valence-electron chi connectivity index (χ0n) is 10.1. The summed E-state index contributed by atoms with van der Waals surface area (Å²) in [6, 6.07) is 6.72. The highest BCUT2D eigenvalue weighted by Crippen LogP contribution is 2.26. The normalized spacial score (nSPS) is 13.1. The van der Waals surface area contributed by atoms with E-state index >= 15 is 0 Å². The number of halogens is 2. The standard InChI is InChI=1S/C13H19Br2N/c1-9(2)6-7-16-10(3)12-5-4-11(14)8-13(12)15/h4-5,8-10,16H,6-7H2,1-3H3. The number of nitrogens with one attached hydrogen (secondary N) is 1. The molecule has 0 aliphatic carbocycles. The quantitative estimate of drug-likeness (QED) is 0.797. The fraction of sp³-hybridized carbons (Fsp3) is 0.538. The van der Waals surface area contributed by atoms with Crippen molar-refractivity contribution in [2.75, 3.05) is 6.54 Å². The van der Waals surface area contributed by atoms with E-state index in [1.807, 2.05) is 0 Å². The predicted octanol–water partition coefficient (Wildman–Crippen LogP) is 4.91. The second kappa shape index (κ2) is 6.77. The molecule has 1 N–H and O–H groups in total. The molecule has 0 spiro atoms. The summed E-state index contributed by atoms with van der Waals surface area (Å²) in [7, 11) is 0. The van der Waals surface area contributed by atoms with E-state index in [9.17, 15) is 0 Å². The Balaban J connectivity index is 2.55. The first-order valence-corrected chi connectivity index (χ1v) is 7.27. The summed E-state index contributed by atoms with van der Waals surface area (Å²) in [4.78, 5) is 0. The van der Waals surface area contributed by atoms with Crippen molar-refractivity contribution in [3.63, 3.8) is 0 Å². The van der Waals surface area contributed by atoms with E-state index < -0.39 is 0 Å². The van der Waals surface area contributed by atoms with Crippen molar-refractivity contribution in [1.82, 2.24) is 5.32 Å². The van der Waals surface area contributed by atoms with Crippen LogP contribution in [0.4, 0.5) is 0 Å². The van der Waals surface area contributed by atoms with Crippen LogP contribution in [0.3, 0.4) is 0 Å². The third-order valence-corrected chi connectivity index (χ3v) is 3.78. The number of benzene rings is 1. The summed E-state index contributed by atoms with van der Waals surface area (Å²) in [6.45, 7) is 7.78. The molecule has 0 aliphatic heterocycles. The molecule has 0 aromatic heterocycles. The van der Waals surface area contributed by atoms with E-state index in [2.05, 4.69) is 76.1 Å². The largest absolute Gasteiger partial charge is 0.310 e. The third kappa shape index (κ3) is 4.56. The van der Waals surface area contributed by atoms with Crippen molar-refractivity contribution in [3.05, 3.63) is 32.7 Å². The smallest absolute Gasteiger partial charge is 0.0302 e. The Morgan fingerprint density at radius 1 is 1.19 bits per heavy atom. The molecule has 16 heavy (non-hydrogen) atoms. The highest BCUT2D eigenvalue weighted by molar-refractivity contribution is 9.11. The van der Waals surface area contributed by atoms with Crippen molar-refractivity contribution in [1.29, 1.82) is 0 Å². The Morgan fingerprint density at radius 2 is 1.88 bits per heavy atom. The molecule has 0 heterocycles. The van der Waals surface area contributed by atoms with Gasteiger partial charge in [0.25, 0.3) is 0 Å². The van der Waals surface area contributed by atoms with E-state index in [0.717, 1.165) is 21.4 Å². The number of hydrogen-bond acceptors (Lipinski definition) is 1. The van der Waals surface area contributed by atoms with E-state index in [4.69, 9.17) is 0 Å². The van der Waals surface area contributed by atoms with Gasteiger partial charge in [-0.25, -0.2) is 0 Å². The Labute approximate surface area is 115 Å². The minimum Gasteiger partial charge on any atom is -0.310 e. The Kier molecular flexibility index (Phi) is 6.01. The minimum atomic E-state index is 0.390. The number of hydrogen-bond donors (Lipinski definition) is 1. The van der Waals surface area contributed by atoms with Gasteiger partial charge in [-0.15, -0.1) is 0 Å². The lowest BCUT2D eigenvalue weighted by atomic mass is 10.1. The summed E-state index contributed by atoms with van der Waals surface area (Å²) in [5, 5.41) is 3.55. The average Bonchev–Trinajstić information content (AvgIpc) is 2.16. The molecule has 0 amide bonds. The van der Waals surface area contributed by atoms with Crippen LogP contribution in [-0.4, -0.2) is 6.54 Å². The molecular formula is C13H19Br2N. The van der Waals surface area contributed by atoms with E-state index in [-0.39, 0.29) is 0 Å². The molecule has 1 nitrogen and oxygen atoms in total. The fourth-order valence-corrected chi connectivity index (χ4v) is 2.94. The van der Waals surface area contributed by atoms with Gasteiger partial charge in [0.1, 0.15) is 0 Å². The predicted molar refractivity (Wildman–Crippen MR) is 77.7 cm³/mol. The van der Waals surface area contributed by atoms with Crippen LogP contribution in [0.2, 0.25) is 0 Å². The van der Waals surface area contributed by atoms with Gasteiger partial charge in [-0.3, -0.25) is 0 Å². The van der Waals surface area contributed by atoms with Crippen LogP contribution in [0.5, 0.6) is 0 Å². The van der Waals surface area contributed by atoms with Crippen molar-refractivity contribution in [3.8, 4) is 0 Å². The fourth-order valence-electron chi connectivity index (χ4n) is 1.55. The second-order valence-corrected chi connectivity index (χ2v) is 6.29. The van der Waals surface area contributed by atoms with Crippen LogP contribution in [0.25, 0.3) is 0 Å². The van der Waals surface area contributed by atoms with Crippen molar-refractivity contribution >= 4 is 31.9 Å². The molecule has 0 aliphatic rings. The molecule has 1 aromatic carbocycles. The summed E-state index contributed by atoms with van der Waals surface area (Å²) < 4.78 is 2.27. The van der Waals surface area contributed by atoms with Crippen molar-refractivity contribution in [2.24, 2.45) is 5.92 Å². The molecule has 90 valence electrons. The molecule has 1 atom stereocenters. The zero-order chi connectivity index (χ0) is 12.1. The molecule has 0 bridgehead atoms. The Morgan fingerprint density at radius 3 is 2.44 bits per heavy atom. The number of rotatable bonds is 5. The van der Waals surface area contributed by atoms with Crippen LogP contribution in [-0.2, 0) is 0 Å². The molecule has 0 radical (unpaired) electrons. The lowest BCUT2D eigenvalue weighted by Crippen LogP contribution is -2.21. The van der Waals surface area contributed by atoms with E-state index in [1.165, 1.54) is 12.0 Å². The van der Waals surface area contributed by atoms with Gasteiger partial charge in [0.15, 0.2) is 0 Å². The van der Waals surface area contributed by atoms with Crippen LogP contribution >= 0.6 is 31.9 Å². The monoisotopic (exact) mass is 347 g/mol. The van der Waals surface area contributed by atoms with Gasteiger partial charge in [0.05, 0.1) is 0 Å². The van der Waals surface area contributed by atoms with Crippen LogP contribution in [0.1, 0.15) is 38.8 Å². The third-order valence-electron chi connectivity index (χ3n) is 2.60. The lowest BCUT2D eigenvalue weighted by molar-refractivity contribution is 0.496. The lowest BCUT2D eigenvalue weighted by Gasteiger charge is -2.16. The van der Waals surface area contributed by atoms with E-state index in [0.29, 0.717) is 6.04 Å². The topological polar surface area (TPSA) is 12.0 Å². The highest BCUT2D eigenvalue weighted by Gasteiger charge is 2.08. The van der Waals surface area contributed by atoms with Gasteiger partial charge in [0.2, 0.25) is 0 Å². The highest BCUT2D eigenvalue weighted by atomic mass is 79.9. The second-order valence-electron chi connectivity index (χ2n) is 4.52. The van der Waals surface area contributed by atoms with Gasteiger partial charge in [-0.05, 0) is 43.5 Å². The van der Waals surface area contributed by atoms with E-state index in [1.54, 1.807) is 0 Å². The molecule has 1 aromatic rings. The zero-order valence-corrected chi connectivity index (χ0v) is 13.2. The average molecular weight is 349 g/mol. The van der Waals surface area contributed by atoms with Crippen LogP contribution in [0, 0.1) is 5.92 Å². The summed E-state index contributed by atoms with van der Waals surface area (Å²) in [5.41, 5.74) is 1.31. The summed E-state index contributed by atoms with van der Waals surface area (Å²) in [6.07, 6.45) is 1.22. The maximum Gasteiger partial charge on any atom is 0.0302 e. The first-order chi connectivity index (χ1) is 7.50. The van der Waals surface area contributed by atoms with Crippen LogP contribution < -0.4 is 5.32 Å². The Hall–Kier alpha value is 0.140. The summed E-state index contributed by atoms with van der Waals surface area (Å²) in [5.74, 6) is 0.757. The first kappa shape index (κ1) is 14.2. The van der Waals surface area contributed by atoms with Gasteiger partial charge in [-0.2, -0.15) is 0 Å². The minimum absolute atomic E-state index is 0.390. The van der Waals surface area contributed by atoms with Gasteiger partial charge < -0.3 is 5.32 Å². The van der Waals surface area contributed by atoms with Crippen molar-refractivity contribution in [2.45, 2.75) is 33.2 Å². The molecule has 3 heteroatoms. The SMILES string of the molecule is CC(C)CCNC(C)c1ccc(Br)cc1Br. The molecule has 0 fully saturated rings. The first-order valence-electron chi connectivity index (χ1n) is 5.69. The maximum atomic E-state index is 3.60. The molecule has 0 saturated carbocycles. The van der Waals surface area contributed by atoms with Crippen LogP contribution in [0.15, 0.2) is 27.1 Å². The molecule has 0 saturated heterocycles. The molecule has 1 rings (SSSR count).